The number of nitrogens with one attached hydrogen (secondary N) is 1. The number of hydrazine groups is 1. The van der Waals surface area contributed by atoms with Crippen LogP contribution in [0.5, 0.6) is 0 Å². The molecule has 0 radical (unpaired) electrons. The van der Waals surface area contributed by atoms with Crippen LogP contribution in [-0.2, 0) is 0 Å². The molecule has 1 N–H and O–H groups in total. The van der Waals surface area contributed by atoms with Crippen LogP contribution in [0.3, 0.4) is 0 Å². The summed E-state index contributed by atoms with van der Waals surface area (Å²) in [6.45, 7) is 3.53. The summed E-state index contributed by atoms with van der Waals surface area (Å²) in [5.41, 5.74) is 3.77. The highest BCUT2D eigenvalue weighted by Gasteiger charge is 2.47. The standard InChI is InChI=1S/C6H12N2/c1-6-4-2-3-5-8(6)7-6/h7H,2-5H2,1H3/t6-,8?/m0/s1. The van der Waals surface area contributed by atoms with E-state index in [4.69, 9.17) is 0 Å². The molecular formula is C6H12N2. The first kappa shape index (κ1) is 4.77. The van der Waals surface area contributed by atoms with E-state index in [9.17, 15) is 0 Å². The highest BCUT2D eigenvalue weighted by atomic mass is 15.8. The third kappa shape index (κ3) is 0.501. The maximum atomic E-state index is 3.34. The van der Waals surface area contributed by atoms with E-state index in [2.05, 4.69) is 17.4 Å². The van der Waals surface area contributed by atoms with Crippen molar-refractivity contribution in [2.45, 2.75) is 31.8 Å². The van der Waals surface area contributed by atoms with Gasteiger partial charge in [-0.3, -0.25) is 0 Å². The lowest BCUT2D eigenvalue weighted by molar-refractivity contribution is 0.333. The largest absolute Gasteiger partial charge is 0.232 e. The Morgan fingerprint density at radius 3 is 2.88 bits per heavy atom. The number of piperidine rings is 1. The fraction of sp³-hybridized carbons (Fsp3) is 1.00. The molecule has 2 rings (SSSR count). The minimum Gasteiger partial charge on any atom is -0.232 e. The van der Waals surface area contributed by atoms with E-state index in [1.807, 2.05) is 0 Å². The van der Waals surface area contributed by atoms with Gasteiger partial charge in [-0.05, 0) is 26.2 Å². The Morgan fingerprint density at radius 1 is 1.50 bits per heavy atom. The molecule has 0 aromatic carbocycles. The van der Waals surface area contributed by atoms with E-state index >= 15 is 0 Å². The number of hydrogen-bond acceptors (Lipinski definition) is 2. The zero-order chi connectivity index (χ0) is 5.61. The highest BCUT2D eigenvalue weighted by molar-refractivity contribution is 4.95. The summed E-state index contributed by atoms with van der Waals surface area (Å²) in [6.07, 6.45) is 4.12. The van der Waals surface area contributed by atoms with Crippen molar-refractivity contribution < 1.29 is 0 Å². The lowest BCUT2D eigenvalue weighted by atomic mass is 10.1. The molecule has 2 fully saturated rings. The van der Waals surface area contributed by atoms with Gasteiger partial charge in [-0.1, -0.05) is 0 Å². The van der Waals surface area contributed by atoms with Gasteiger partial charge in [-0.15, -0.1) is 0 Å². The Labute approximate surface area is 49.8 Å². The molecule has 0 aliphatic carbocycles. The molecule has 2 atom stereocenters. The second kappa shape index (κ2) is 1.25. The van der Waals surface area contributed by atoms with Gasteiger partial charge in [0.05, 0.1) is 5.66 Å². The first-order valence-corrected chi connectivity index (χ1v) is 3.37. The fourth-order valence-corrected chi connectivity index (χ4v) is 1.50. The van der Waals surface area contributed by atoms with Crippen LogP contribution in [0, 0.1) is 0 Å². The third-order valence-electron chi connectivity index (χ3n) is 2.22. The van der Waals surface area contributed by atoms with E-state index in [0.29, 0.717) is 5.66 Å². The summed E-state index contributed by atoms with van der Waals surface area (Å²) in [4.78, 5) is 0. The van der Waals surface area contributed by atoms with Crippen molar-refractivity contribution in [2.24, 2.45) is 0 Å². The molecule has 0 amide bonds. The topological polar surface area (TPSA) is 25.0 Å². The Kier molecular flexibility index (Phi) is 0.746. The molecule has 2 heterocycles. The van der Waals surface area contributed by atoms with Crippen molar-refractivity contribution in [3.05, 3.63) is 0 Å². The second-order valence-corrected chi connectivity index (χ2v) is 2.99. The van der Waals surface area contributed by atoms with Crippen molar-refractivity contribution in [1.29, 1.82) is 0 Å². The van der Waals surface area contributed by atoms with Gasteiger partial charge in [0.2, 0.25) is 0 Å². The molecule has 0 aromatic heterocycles. The van der Waals surface area contributed by atoms with Crippen LogP contribution < -0.4 is 5.43 Å². The van der Waals surface area contributed by atoms with Gasteiger partial charge >= 0.3 is 0 Å². The molecule has 2 aliphatic heterocycles. The number of fused-ring (bicyclic) bond motifs is 1. The Hall–Kier alpha value is -0.0800. The van der Waals surface area contributed by atoms with E-state index in [0.717, 1.165) is 0 Å². The van der Waals surface area contributed by atoms with Gasteiger partial charge < -0.3 is 0 Å². The minimum absolute atomic E-state index is 0.429. The molecule has 0 saturated carbocycles. The summed E-state index contributed by atoms with van der Waals surface area (Å²) in [5, 5.41) is 2.33. The lowest BCUT2D eigenvalue weighted by Gasteiger charge is -2.13. The van der Waals surface area contributed by atoms with Gasteiger partial charge in [-0.2, -0.15) is 0 Å². The average molecular weight is 112 g/mol. The van der Waals surface area contributed by atoms with Crippen molar-refractivity contribution in [3.63, 3.8) is 0 Å². The summed E-state index contributed by atoms with van der Waals surface area (Å²) >= 11 is 0. The fourth-order valence-electron chi connectivity index (χ4n) is 1.50. The molecule has 8 heavy (non-hydrogen) atoms. The van der Waals surface area contributed by atoms with Crippen LogP contribution in [0.2, 0.25) is 0 Å². The third-order valence-corrected chi connectivity index (χ3v) is 2.22. The maximum absolute atomic E-state index is 3.34. The quantitative estimate of drug-likeness (QED) is 0.467. The molecule has 0 aromatic rings. The van der Waals surface area contributed by atoms with Crippen LogP contribution in [0.1, 0.15) is 26.2 Å². The van der Waals surface area contributed by atoms with Crippen LogP contribution in [0.4, 0.5) is 0 Å². The van der Waals surface area contributed by atoms with Crippen molar-refractivity contribution in [3.8, 4) is 0 Å². The minimum atomic E-state index is 0.429. The first-order valence-electron chi connectivity index (χ1n) is 3.37. The summed E-state index contributed by atoms with van der Waals surface area (Å²) in [6, 6.07) is 0. The molecule has 0 bridgehead atoms. The molecule has 1 unspecified atom stereocenters. The van der Waals surface area contributed by atoms with E-state index < -0.39 is 0 Å². The van der Waals surface area contributed by atoms with Crippen LogP contribution in [0.15, 0.2) is 0 Å². The Balaban J connectivity index is 2.04. The molecule has 2 aliphatic rings. The number of hydrogen-bond donors (Lipinski definition) is 1. The van der Waals surface area contributed by atoms with Gasteiger partial charge in [0.25, 0.3) is 0 Å². The predicted molar refractivity (Wildman–Crippen MR) is 32.1 cm³/mol. The molecule has 2 nitrogen and oxygen atoms in total. The summed E-state index contributed by atoms with van der Waals surface area (Å²) in [7, 11) is 0. The molecule has 2 saturated heterocycles. The molecule has 46 valence electrons. The van der Waals surface area contributed by atoms with Crippen LogP contribution in [0.25, 0.3) is 0 Å². The zero-order valence-corrected chi connectivity index (χ0v) is 5.28. The average Bonchev–Trinajstić information content (AvgIpc) is 2.39. The van der Waals surface area contributed by atoms with Crippen molar-refractivity contribution in [2.75, 3.05) is 6.54 Å². The van der Waals surface area contributed by atoms with Gasteiger partial charge in [0.15, 0.2) is 0 Å². The van der Waals surface area contributed by atoms with Crippen LogP contribution in [-0.4, -0.2) is 17.2 Å². The lowest BCUT2D eigenvalue weighted by Crippen LogP contribution is -2.20. The van der Waals surface area contributed by atoms with Gasteiger partial charge in [0, 0.05) is 6.54 Å². The van der Waals surface area contributed by atoms with Crippen molar-refractivity contribution in [1.82, 2.24) is 10.4 Å². The van der Waals surface area contributed by atoms with Crippen molar-refractivity contribution >= 4 is 0 Å². The summed E-state index contributed by atoms with van der Waals surface area (Å²) in [5.74, 6) is 0. The Morgan fingerprint density at radius 2 is 2.38 bits per heavy atom. The van der Waals surface area contributed by atoms with Crippen LogP contribution >= 0.6 is 0 Å². The van der Waals surface area contributed by atoms with Gasteiger partial charge in [-0.25, -0.2) is 10.4 Å². The normalized spacial score (nSPS) is 52.9. The second-order valence-electron chi connectivity index (χ2n) is 2.99. The predicted octanol–water partition coefficient (Wildman–Crippen LogP) is 0.707. The number of nitrogens with zero attached hydrogens (tertiary/aromatic N) is 1. The SMILES string of the molecule is C[C@@]12CCCCN1N2. The van der Waals surface area contributed by atoms with Gasteiger partial charge in [0.1, 0.15) is 0 Å². The molecule has 0 spiro atoms. The highest BCUT2D eigenvalue weighted by Crippen LogP contribution is 2.33. The first-order chi connectivity index (χ1) is 3.81. The van der Waals surface area contributed by atoms with E-state index in [1.165, 1.54) is 25.8 Å². The monoisotopic (exact) mass is 112 g/mol. The smallest absolute Gasteiger partial charge is 0.0946 e. The molecular weight excluding hydrogens is 100 g/mol. The Bertz CT molecular complexity index is 111. The maximum Gasteiger partial charge on any atom is 0.0946 e. The summed E-state index contributed by atoms with van der Waals surface area (Å²) < 4.78 is 0. The zero-order valence-electron chi connectivity index (χ0n) is 5.28. The molecule has 2 heteroatoms. The van der Waals surface area contributed by atoms with E-state index in [1.54, 1.807) is 0 Å². The van der Waals surface area contributed by atoms with E-state index in [-0.39, 0.29) is 0 Å². The number of rotatable bonds is 0.